The van der Waals surface area contributed by atoms with Crippen LogP contribution in [-0.4, -0.2) is 4.98 Å². The summed E-state index contributed by atoms with van der Waals surface area (Å²) >= 11 is 0. The van der Waals surface area contributed by atoms with Gasteiger partial charge in [-0.05, 0) is 31.5 Å². The van der Waals surface area contributed by atoms with E-state index < -0.39 is 0 Å². The van der Waals surface area contributed by atoms with E-state index in [2.05, 4.69) is 11.1 Å². The third-order valence-electron chi connectivity index (χ3n) is 2.39. The molecule has 0 amide bonds. The maximum absolute atomic E-state index is 9.01. The molecule has 1 aromatic carbocycles. The average Bonchev–Trinajstić information content (AvgIpc) is 2.18. The second-order valence-electron chi connectivity index (χ2n) is 3.68. The van der Waals surface area contributed by atoms with Crippen LogP contribution in [0, 0.1) is 25.2 Å². The number of aromatic nitrogens is 1. The molecule has 0 saturated heterocycles. The zero-order chi connectivity index (χ0) is 11.0. The van der Waals surface area contributed by atoms with Crippen LogP contribution in [-0.2, 0) is 0 Å². The molecule has 74 valence electrons. The Balaban J connectivity index is 2.98. The number of nitrogens with two attached hydrogens (primary N) is 1. The van der Waals surface area contributed by atoms with Crippen molar-refractivity contribution in [2.24, 2.45) is 0 Å². The van der Waals surface area contributed by atoms with Gasteiger partial charge in [0.15, 0.2) is 0 Å². The fourth-order valence-corrected chi connectivity index (χ4v) is 1.79. The lowest BCUT2D eigenvalue weighted by molar-refractivity contribution is 1.33. The van der Waals surface area contributed by atoms with Crippen molar-refractivity contribution in [1.82, 2.24) is 4.98 Å². The van der Waals surface area contributed by atoms with Crippen LogP contribution in [0.5, 0.6) is 0 Å². The predicted octanol–water partition coefficient (Wildman–Crippen LogP) is 2.31. The highest BCUT2D eigenvalue weighted by atomic mass is 14.8. The highest BCUT2D eigenvalue weighted by Crippen LogP contribution is 2.23. The van der Waals surface area contributed by atoms with Gasteiger partial charge in [0.05, 0.1) is 17.1 Å². The number of nitriles is 1. The first kappa shape index (κ1) is 9.47. The number of benzene rings is 1. The van der Waals surface area contributed by atoms with Crippen molar-refractivity contribution in [1.29, 1.82) is 5.26 Å². The minimum Gasteiger partial charge on any atom is -0.384 e. The van der Waals surface area contributed by atoms with Crippen LogP contribution in [0.15, 0.2) is 18.2 Å². The third kappa shape index (κ3) is 1.50. The topological polar surface area (TPSA) is 62.7 Å². The van der Waals surface area contributed by atoms with Crippen LogP contribution in [0.1, 0.15) is 16.7 Å². The summed E-state index contributed by atoms with van der Waals surface area (Å²) in [5.74, 6) is 0.394. The zero-order valence-electron chi connectivity index (χ0n) is 8.70. The van der Waals surface area contributed by atoms with Crippen molar-refractivity contribution < 1.29 is 0 Å². The highest BCUT2D eigenvalue weighted by molar-refractivity contribution is 5.89. The fourth-order valence-electron chi connectivity index (χ4n) is 1.79. The molecule has 0 aliphatic carbocycles. The molecule has 0 aliphatic heterocycles. The largest absolute Gasteiger partial charge is 0.384 e. The Morgan fingerprint density at radius 3 is 2.67 bits per heavy atom. The number of pyridine rings is 1. The van der Waals surface area contributed by atoms with E-state index in [1.807, 2.05) is 26.0 Å². The molecular weight excluding hydrogens is 186 g/mol. The van der Waals surface area contributed by atoms with Gasteiger partial charge in [0.1, 0.15) is 5.82 Å². The van der Waals surface area contributed by atoms with Gasteiger partial charge in [-0.3, -0.25) is 0 Å². The molecule has 1 aromatic heterocycles. The minimum atomic E-state index is 0.394. The summed E-state index contributed by atoms with van der Waals surface area (Å²) in [7, 11) is 0. The Morgan fingerprint density at radius 2 is 2.00 bits per heavy atom. The molecule has 15 heavy (non-hydrogen) atoms. The smallest absolute Gasteiger partial charge is 0.125 e. The van der Waals surface area contributed by atoms with E-state index in [0.29, 0.717) is 11.4 Å². The first-order valence-corrected chi connectivity index (χ1v) is 4.69. The lowest BCUT2D eigenvalue weighted by Crippen LogP contribution is -1.95. The van der Waals surface area contributed by atoms with Crippen LogP contribution >= 0.6 is 0 Å². The molecule has 0 bridgehead atoms. The van der Waals surface area contributed by atoms with E-state index in [1.165, 1.54) is 0 Å². The second kappa shape index (κ2) is 3.25. The number of aryl methyl sites for hydroxylation is 2. The summed E-state index contributed by atoms with van der Waals surface area (Å²) in [6.45, 7) is 3.98. The van der Waals surface area contributed by atoms with Gasteiger partial charge >= 0.3 is 0 Å². The summed E-state index contributed by atoms with van der Waals surface area (Å²) in [5, 5.41) is 9.89. The molecule has 3 nitrogen and oxygen atoms in total. The molecule has 2 rings (SSSR count). The van der Waals surface area contributed by atoms with Crippen molar-refractivity contribution in [3.8, 4) is 6.07 Å². The number of hydrogen-bond acceptors (Lipinski definition) is 3. The summed E-state index contributed by atoms with van der Waals surface area (Å²) in [4.78, 5) is 4.25. The van der Waals surface area contributed by atoms with Gasteiger partial charge in [0.2, 0.25) is 0 Å². The Morgan fingerprint density at radius 1 is 1.27 bits per heavy atom. The SMILES string of the molecule is Cc1cc(C)c2nc(N)cc(C#N)c2c1. The Kier molecular flexibility index (Phi) is 2.05. The maximum Gasteiger partial charge on any atom is 0.125 e. The van der Waals surface area contributed by atoms with Gasteiger partial charge in [-0.2, -0.15) is 5.26 Å². The molecule has 0 atom stereocenters. The lowest BCUT2D eigenvalue weighted by Gasteiger charge is -2.06. The standard InChI is InChI=1S/C12H11N3/c1-7-3-8(2)12-10(4-7)9(6-13)5-11(14)15-12/h3-5H,1-2H3,(H2,14,15). The van der Waals surface area contributed by atoms with E-state index in [9.17, 15) is 0 Å². The Bertz CT molecular complexity index is 579. The molecule has 3 heteroatoms. The van der Waals surface area contributed by atoms with Crippen molar-refractivity contribution >= 4 is 16.7 Å². The van der Waals surface area contributed by atoms with E-state index in [0.717, 1.165) is 22.0 Å². The van der Waals surface area contributed by atoms with E-state index in [4.69, 9.17) is 11.0 Å². The maximum atomic E-state index is 9.01. The Labute approximate surface area is 88.2 Å². The number of rotatable bonds is 0. The number of fused-ring (bicyclic) bond motifs is 1. The van der Waals surface area contributed by atoms with Gasteiger partial charge in [0, 0.05) is 5.39 Å². The zero-order valence-corrected chi connectivity index (χ0v) is 8.70. The van der Waals surface area contributed by atoms with Gasteiger partial charge in [0.25, 0.3) is 0 Å². The Hall–Kier alpha value is -2.08. The minimum absolute atomic E-state index is 0.394. The summed E-state index contributed by atoms with van der Waals surface area (Å²) in [6.07, 6.45) is 0. The third-order valence-corrected chi connectivity index (χ3v) is 2.39. The predicted molar refractivity (Wildman–Crippen MR) is 60.3 cm³/mol. The highest BCUT2D eigenvalue weighted by Gasteiger charge is 2.06. The van der Waals surface area contributed by atoms with Gasteiger partial charge in [-0.25, -0.2) is 4.98 Å². The van der Waals surface area contributed by atoms with Crippen molar-refractivity contribution in [3.63, 3.8) is 0 Å². The molecule has 0 spiro atoms. The molecule has 1 heterocycles. The van der Waals surface area contributed by atoms with Crippen LogP contribution in [0.2, 0.25) is 0 Å². The summed E-state index contributed by atoms with van der Waals surface area (Å²) < 4.78 is 0. The number of hydrogen-bond donors (Lipinski definition) is 1. The summed E-state index contributed by atoms with van der Waals surface area (Å²) in [6, 6.07) is 7.76. The normalized spacial score (nSPS) is 10.2. The van der Waals surface area contributed by atoms with Crippen LogP contribution < -0.4 is 5.73 Å². The molecule has 0 aliphatic rings. The average molecular weight is 197 g/mol. The van der Waals surface area contributed by atoms with Gasteiger partial charge in [-0.1, -0.05) is 11.6 Å². The molecule has 0 radical (unpaired) electrons. The van der Waals surface area contributed by atoms with Crippen LogP contribution in [0.3, 0.4) is 0 Å². The second-order valence-corrected chi connectivity index (χ2v) is 3.68. The number of nitrogens with zero attached hydrogens (tertiary/aromatic N) is 2. The van der Waals surface area contributed by atoms with Gasteiger partial charge < -0.3 is 5.73 Å². The van der Waals surface area contributed by atoms with Gasteiger partial charge in [-0.15, -0.1) is 0 Å². The van der Waals surface area contributed by atoms with Crippen LogP contribution in [0.25, 0.3) is 10.9 Å². The van der Waals surface area contributed by atoms with E-state index in [1.54, 1.807) is 6.07 Å². The quantitative estimate of drug-likeness (QED) is 0.704. The molecular formula is C12H11N3. The molecule has 2 aromatic rings. The molecule has 0 saturated carbocycles. The summed E-state index contributed by atoms with van der Waals surface area (Å²) in [5.41, 5.74) is 9.23. The molecule has 0 fully saturated rings. The van der Waals surface area contributed by atoms with Crippen LogP contribution in [0.4, 0.5) is 5.82 Å². The number of anilines is 1. The van der Waals surface area contributed by atoms with Crippen molar-refractivity contribution in [2.75, 3.05) is 5.73 Å². The first-order chi connectivity index (χ1) is 7.11. The van der Waals surface area contributed by atoms with E-state index in [-0.39, 0.29) is 0 Å². The monoisotopic (exact) mass is 197 g/mol. The van der Waals surface area contributed by atoms with Crippen molar-refractivity contribution in [3.05, 3.63) is 34.9 Å². The first-order valence-electron chi connectivity index (χ1n) is 4.69. The fraction of sp³-hybridized carbons (Fsp3) is 0.167. The molecule has 2 N–H and O–H groups in total. The van der Waals surface area contributed by atoms with E-state index >= 15 is 0 Å². The molecule has 0 unspecified atom stereocenters. The lowest BCUT2D eigenvalue weighted by atomic mass is 10.0. The number of nitrogen functional groups attached to an aromatic ring is 1. The van der Waals surface area contributed by atoms with Crippen molar-refractivity contribution in [2.45, 2.75) is 13.8 Å².